The third kappa shape index (κ3) is 6.93. The Morgan fingerprint density at radius 2 is 1.85 bits per heavy atom. The van der Waals surface area contributed by atoms with Crippen LogP contribution >= 0.6 is 0 Å². The number of esters is 1. The summed E-state index contributed by atoms with van der Waals surface area (Å²) in [5.41, 5.74) is 0.986. The lowest BCUT2D eigenvalue weighted by molar-refractivity contribution is -0.143. The molecule has 0 aromatic heterocycles. The molecule has 2 unspecified atom stereocenters. The van der Waals surface area contributed by atoms with Gasteiger partial charge < -0.3 is 4.74 Å². The van der Waals surface area contributed by atoms with Crippen LogP contribution in [0.1, 0.15) is 25.8 Å². The molecule has 2 atom stereocenters. The average Bonchev–Trinajstić information content (AvgIpc) is 2.44. The minimum atomic E-state index is -0.171. The Kier molecular flexibility index (Phi) is 7.41. The first-order valence-electron chi connectivity index (χ1n) is 7.10. The molecule has 0 bridgehead atoms. The topological polar surface area (TPSA) is 26.3 Å². The molecule has 0 spiro atoms. The molecule has 0 saturated heterocycles. The van der Waals surface area contributed by atoms with Crippen molar-refractivity contribution in [3.63, 3.8) is 0 Å². The van der Waals surface area contributed by atoms with E-state index in [1.165, 1.54) is 0 Å². The second kappa shape index (κ2) is 9.13. The normalized spacial score (nSPS) is 13.9. The fourth-order valence-corrected chi connectivity index (χ4v) is 1.81. The second-order valence-corrected chi connectivity index (χ2v) is 5.21. The number of ether oxygens (including phenoxy) is 1. The summed E-state index contributed by atoms with van der Waals surface area (Å²) in [4.78, 5) is 11.7. The van der Waals surface area contributed by atoms with Gasteiger partial charge in [0.25, 0.3) is 0 Å². The summed E-state index contributed by atoms with van der Waals surface area (Å²) < 4.78 is 5.29. The van der Waals surface area contributed by atoms with E-state index in [4.69, 9.17) is 4.74 Å². The van der Waals surface area contributed by atoms with E-state index in [1.54, 1.807) is 0 Å². The quantitative estimate of drug-likeness (QED) is 0.524. The third-order valence-electron chi connectivity index (χ3n) is 3.01. The van der Waals surface area contributed by atoms with Crippen LogP contribution in [-0.4, -0.2) is 12.6 Å². The fraction of sp³-hybridized carbons (Fsp3) is 0.389. The maximum atomic E-state index is 11.7. The van der Waals surface area contributed by atoms with Crippen molar-refractivity contribution in [1.29, 1.82) is 0 Å². The van der Waals surface area contributed by atoms with E-state index in [-0.39, 0.29) is 11.9 Å². The molecule has 1 aromatic carbocycles. The average molecular weight is 272 g/mol. The molecular formula is C18H24O2. The summed E-state index contributed by atoms with van der Waals surface area (Å²) in [5.74, 6) is 0.549. The number of carbonyl (C=O) groups excluding carboxylic acids is 1. The SMILES string of the molecule is C=CCC(C)/C=C/C(C)COC(=O)Cc1ccccc1. The maximum Gasteiger partial charge on any atom is 0.310 e. The predicted molar refractivity (Wildman–Crippen MR) is 83.4 cm³/mol. The Morgan fingerprint density at radius 1 is 1.20 bits per heavy atom. The van der Waals surface area contributed by atoms with E-state index < -0.39 is 0 Å². The Labute approximate surface area is 122 Å². The Bertz CT molecular complexity index is 434. The molecule has 0 aliphatic heterocycles. The highest BCUT2D eigenvalue weighted by Crippen LogP contribution is 2.08. The molecule has 0 fully saturated rings. The number of hydrogen-bond acceptors (Lipinski definition) is 2. The molecule has 20 heavy (non-hydrogen) atoms. The first-order chi connectivity index (χ1) is 9.61. The van der Waals surface area contributed by atoms with Gasteiger partial charge in [-0.3, -0.25) is 4.79 Å². The van der Waals surface area contributed by atoms with Gasteiger partial charge in [0.15, 0.2) is 0 Å². The standard InChI is InChI=1S/C18H24O2/c1-4-8-15(2)11-12-16(3)14-20-18(19)13-17-9-6-5-7-10-17/h4-7,9-12,15-16H,1,8,13-14H2,2-3H3/b12-11+. The zero-order valence-corrected chi connectivity index (χ0v) is 12.4. The smallest absolute Gasteiger partial charge is 0.310 e. The van der Waals surface area contributed by atoms with Crippen LogP contribution in [0.2, 0.25) is 0 Å². The summed E-state index contributed by atoms with van der Waals surface area (Å²) in [6.07, 6.45) is 7.47. The van der Waals surface area contributed by atoms with Gasteiger partial charge in [0.05, 0.1) is 13.0 Å². The van der Waals surface area contributed by atoms with Crippen molar-refractivity contribution in [3.8, 4) is 0 Å². The monoisotopic (exact) mass is 272 g/mol. The van der Waals surface area contributed by atoms with Gasteiger partial charge in [0.1, 0.15) is 0 Å². The van der Waals surface area contributed by atoms with Crippen molar-refractivity contribution in [2.75, 3.05) is 6.61 Å². The van der Waals surface area contributed by atoms with Crippen LogP contribution < -0.4 is 0 Å². The third-order valence-corrected chi connectivity index (χ3v) is 3.01. The zero-order valence-electron chi connectivity index (χ0n) is 12.4. The van der Waals surface area contributed by atoms with E-state index in [0.717, 1.165) is 12.0 Å². The number of hydrogen-bond donors (Lipinski definition) is 0. The van der Waals surface area contributed by atoms with Crippen LogP contribution in [0.15, 0.2) is 55.1 Å². The largest absolute Gasteiger partial charge is 0.465 e. The van der Waals surface area contributed by atoms with Crippen LogP contribution in [0, 0.1) is 11.8 Å². The number of allylic oxidation sites excluding steroid dienone is 2. The van der Waals surface area contributed by atoms with Crippen LogP contribution in [0.3, 0.4) is 0 Å². The highest BCUT2D eigenvalue weighted by Gasteiger charge is 2.06. The van der Waals surface area contributed by atoms with Crippen molar-refractivity contribution in [3.05, 3.63) is 60.7 Å². The van der Waals surface area contributed by atoms with Gasteiger partial charge in [-0.2, -0.15) is 0 Å². The molecule has 108 valence electrons. The summed E-state index contributed by atoms with van der Waals surface area (Å²) in [7, 11) is 0. The molecule has 2 heteroatoms. The Hall–Kier alpha value is -1.83. The molecule has 0 amide bonds. The van der Waals surface area contributed by atoms with Gasteiger partial charge in [-0.25, -0.2) is 0 Å². The van der Waals surface area contributed by atoms with E-state index in [9.17, 15) is 4.79 Å². The van der Waals surface area contributed by atoms with Crippen molar-refractivity contribution in [2.45, 2.75) is 26.7 Å². The second-order valence-electron chi connectivity index (χ2n) is 5.21. The van der Waals surface area contributed by atoms with E-state index >= 15 is 0 Å². The van der Waals surface area contributed by atoms with Gasteiger partial charge in [0, 0.05) is 5.92 Å². The first-order valence-corrected chi connectivity index (χ1v) is 7.10. The molecule has 1 aromatic rings. The summed E-state index contributed by atoms with van der Waals surface area (Å²) >= 11 is 0. The van der Waals surface area contributed by atoms with Gasteiger partial charge in [-0.05, 0) is 17.9 Å². The molecule has 2 nitrogen and oxygen atoms in total. The maximum absolute atomic E-state index is 11.7. The number of benzene rings is 1. The van der Waals surface area contributed by atoms with Gasteiger partial charge in [-0.15, -0.1) is 6.58 Å². The molecule has 0 N–H and O–H groups in total. The van der Waals surface area contributed by atoms with E-state index in [0.29, 0.717) is 18.9 Å². The van der Waals surface area contributed by atoms with E-state index in [1.807, 2.05) is 43.3 Å². The van der Waals surface area contributed by atoms with Gasteiger partial charge in [-0.1, -0.05) is 62.4 Å². The van der Waals surface area contributed by atoms with Crippen molar-refractivity contribution in [2.24, 2.45) is 11.8 Å². The van der Waals surface area contributed by atoms with E-state index in [2.05, 4.69) is 25.7 Å². The van der Waals surface area contributed by atoms with Crippen LogP contribution in [0.5, 0.6) is 0 Å². The molecular weight excluding hydrogens is 248 g/mol. The van der Waals surface area contributed by atoms with Crippen molar-refractivity contribution in [1.82, 2.24) is 0 Å². The molecule has 0 aliphatic rings. The van der Waals surface area contributed by atoms with Crippen LogP contribution in [0.4, 0.5) is 0 Å². The highest BCUT2D eigenvalue weighted by molar-refractivity contribution is 5.72. The molecule has 0 radical (unpaired) electrons. The Morgan fingerprint density at radius 3 is 2.50 bits per heavy atom. The molecule has 0 heterocycles. The summed E-state index contributed by atoms with van der Waals surface area (Å²) in [6, 6.07) is 9.65. The number of rotatable bonds is 8. The van der Waals surface area contributed by atoms with Crippen LogP contribution in [-0.2, 0) is 16.0 Å². The van der Waals surface area contributed by atoms with Gasteiger partial charge in [0.2, 0.25) is 0 Å². The van der Waals surface area contributed by atoms with Crippen molar-refractivity contribution < 1.29 is 9.53 Å². The fourth-order valence-electron chi connectivity index (χ4n) is 1.81. The minimum Gasteiger partial charge on any atom is -0.465 e. The zero-order chi connectivity index (χ0) is 14.8. The highest BCUT2D eigenvalue weighted by atomic mass is 16.5. The number of carbonyl (C=O) groups is 1. The lowest BCUT2D eigenvalue weighted by Crippen LogP contribution is -2.12. The van der Waals surface area contributed by atoms with Gasteiger partial charge >= 0.3 is 5.97 Å². The summed E-state index contributed by atoms with van der Waals surface area (Å²) in [6.45, 7) is 8.35. The van der Waals surface area contributed by atoms with Crippen molar-refractivity contribution >= 4 is 5.97 Å². The summed E-state index contributed by atoms with van der Waals surface area (Å²) in [5, 5.41) is 0. The molecule has 0 aliphatic carbocycles. The first kappa shape index (κ1) is 16.2. The lowest BCUT2D eigenvalue weighted by Gasteiger charge is -2.09. The Balaban J connectivity index is 2.28. The molecule has 0 saturated carbocycles. The minimum absolute atomic E-state index is 0.171. The molecule has 1 rings (SSSR count). The lowest BCUT2D eigenvalue weighted by atomic mass is 10.0. The predicted octanol–water partition coefficient (Wildman–Crippen LogP) is 4.18. The van der Waals surface area contributed by atoms with Crippen LogP contribution in [0.25, 0.3) is 0 Å².